The molecule has 0 fully saturated rings. The number of hydrogen-bond acceptors (Lipinski definition) is 3. The summed E-state index contributed by atoms with van der Waals surface area (Å²) in [7, 11) is 0. The van der Waals surface area contributed by atoms with Crippen molar-refractivity contribution < 1.29 is 0 Å². The van der Waals surface area contributed by atoms with Gasteiger partial charge in [0, 0.05) is 23.5 Å². The van der Waals surface area contributed by atoms with Gasteiger partial charge in [-0.2, -0.15) is 15.3 Å². The second kappa shape index (κ2) is 8.09. The molecule has 0 saturated heterocycles. The molecule has 0 bridgehead atoms. The first-order chi connectivity index (χ1) is 16.3. The molecule has 158 valence electrons. The molecule has 3 aromatic carbocycles. The number of para-hydroxylation sites is 3. The third-order valence-electron chi connectivity index (χ3n) is 5.51. The van der Waals surface area contributed by atoms with Gasteiger partial charge < -0.3 is 0 Å². The van der Waals surface area contributed by atoms with Crippen LogP contribution in [-0.4, -0.2) is 29.3 Å². The highest BCUT2D eigenvalue weighted by Gasteiger charge is 2.16. The van der Waals surface area contributed by atoms with Crippen LogP contribution in [0.2, 0.25) is 0 Å². The molecule has 0 unspecified atom stereocenters. The van der Waals surface area contributed by atoms with E-state index in [9.17, 15) is 0 Å². The fourth-order valence-electron chi connectivity index (χ4n) is 3.85. The van der Waals surface area contributed by atoms with Crippen LogP contribution >= 0.6 is 0 Å². The highest BCUT2D eigenvalue weighted by Crippen LogP contribution is 2.29. The minimum atomic E-state index is 0.850. The number of hydrogen-bond donors (Lipinski definition) is 0. The quantitative estimate of drug-likeness (QED) is 0.360. The van der Waals surface area contributed by atoms with Crippen LogP contribution in [0.25, 0.3) is 39.6 Å². The maximum atomic E-state index is 4.94. The monoisotopic (exact) mass is 428 g/mol. The van der Waals surface area contributed by atoms with Gasteiger partial charge in [-0.25, -0.2) is 14.0 Å². The van der Waals surface area contributed by atoms with E-state index in [4.69, 9.17) is 5.10 Å². The van der Waals surface area contributed by atoms with Gasteiger partial charge in [-0.3, -0.25) is 0 Å². The fraction of sp³-hybridized carbons (Fsp3) is 0. The van der Waals surface area contributed by atoms with Gasteiger partial charge in [0.1, 0.15) is 0 Å². The van der Waals surface area contributed by atoms with Gasteiger partial charge in [0.05, 0.1) is 40.8 Å². The molecule has 6 heteroatoms. The Morgan fingerprint density at radius 2 is 1.00 bits per heavy atom. The lowest BCUT2D eigenvalue weighted by molar-refractivity contribution is 0.879. The lowest BCUT2D eigenvalue weighted by Crippen LogP contribution is -1.98. The van der Waals surface area contributed by atoms with Crippen molar-refractivity contribution in [2.45, 2.75) is 0 Å². The Kier molecular flexibility index (Phi) is 4.66. The minimum absolute atomic E-state index is 0.850. The van der Waals surface area contributed by atoms with Crippen molar-refractivity contribution in [2.75, 3.05) is 0 Å². The van der Waals surface area contributed by atoms with Crippen molar-refractivity contribution in [3.8, 4) is 39.6 Å². The van der Waals surface area contributed by atoms with Crippen molar-refractivity contribution in [2.24, 2.45) is 0 Å². The van der Waals surface area contributed by atoms with Crippen LogP contribution in [0.3, 0.4) is 0 Å². The number of rotatable bonds is 5. The zero-order chi connectivity index (χ0) is 22.0. The number of nitrogens with zero attached hydrogens (tertiary/aromatic N) is 6. The summed E-state index contributed by atoms with van der Waals surface area (Å²) in [5, 5.41) is 14.1. The van der Waals surface area contributed by atoms with Gasteiger partial charge in [0.15, 0.2) is 0 Å². The minimum Gasteiger partial charge on any atom is -0.240 e. The van der Waals surface area contributed by atoms with Gasteiger partial charge in [0.25, 0.3) is 0 Å². The third-order valence-corrected chi connectivity index (χ3v) is 5.51. The van der Waals surface area contributed by atoms with Gasteiger partial charge in [0.2, 0.25) is 0 Å². The summed E-state index contributed by atoms with van der Waals surface area (Å²) < 4.78 is 5.70. The first kappa shape index (κ1) is 19.0. The summed E-state index contributed by atoms with van der Waals surface area (Å²) in [5.41, 5.74) is 6.76. The fourth-order valence-corrected chi connectivity index (χ4v) is 3.85. The normalized spacial score (nSPS) is 11.0. The molecule has 6 aromatic rings. The van der Waals surface area contributed by atoms with Gasteiger partial charge in [-0.1, -0.05) is 54.6 Å². The predicted molar refractivity (Wildman–Crippen MR) is 129 cm³/mol. The topological polar surface area (TPSA) is 53.5 Å². The Morgan fingerprint density at radius 3 is 1.58 bits per heavy atom. The molecule has 33 heavy (non-hydrogen) atoms. The van der Waals surface area contributed by atoms with Crippen LogP contribution in [0, 0.1) is 0 Å². The molecule has 0 amide bonds. The van der Waals surface area contributed by atoms with Crippen LogP contribution in [0.5, 0.6) is 0 Å². The van der Waals surface area contributed by atoms with Crippen LogP contribution in [-0.2, 0) is 0 Å². The first-order valence-corrected chi connectivity index (χ1v) is 10.7. The van der Waals surface area contributed by atoms with Crippen LogP contribution in [0.1, 0.15) is 0 Å². The summed E-state index contributed by atoms with van der Waals surface area (Å²) in [6.45, 7) is 0. The van der Waals surface area contributed by atoms with Crippen LogP contribution < -0.4 is 0 Å². The van der Waals surface area contributed by atoms with E-state index in [2.05, 4.69) is 28.4 Å². The predicted octanol–water partition coefficient (Wildman–Crippen LogP) is 5.58. The maximum absolute atomic E-state index is 4.94. The molecule has 0 N–H and O–H groups in total. The van der Waals surface area contributed by atoms with Gasteiger partial charge >= 0.3 is 0 Å². The molecule has 3 heterocycles. The maximum Gasteiger partial charge on any atom is 0.0965 e. The zero-order valence-electron chi connectivity index (χ0n) is 17.7. The Balaban J connectivity index is 1.44. The molecule has 0 spiro atoms. The summed E-state index contributed by atoms with van der Waals surface area (Å²) in [6.07, 6.45) is 7.76. The largest absolute Gasteiger partial charge is 0.240 e. The standard InChI is InChI=1S/C27H20N6/c1-4-10-23(11-5-1)31-19-21(17-28-31)26-16-27(33(30-26)25-14-8-3-9-15-25)22-18-29-32(20-22)24-12-6-2-7-13-24/h1-20H. The van der Waals surface area contributed by atoms with Crippen molar-refractivity contribution >= 4 is 0 Å². The van der Waals surface area contributed by atoms with E-state index in [1.807, 2.05) is 118 Å². The Morgan fingerprint density at radius 1 is 0.515 bits per heavy atom. The molecular formula is C27H20N6. The average molecular weight is 428 g/mol. The summed E-state index contributed by atoms with van der Waals surface area (Å²) >= 11 is 0. The van der Waals surface area contributed by atoms with Crippen molar-refractivity contribution in [1.29, 1.82) is 0 Å². The highest BCUT2D eigenvalue weighted by atomic mass is 15.3. The van der Waals surface area contributed by atoms with Crippen molar-refractivity contribution in [3.63, 3.8) is 0 Å². The van der Waals surface area contributed by atoms with E-state index < -0.39 is 0 Å². The van der Waals surface area contributed by atoms with Crippen molar-refractivity contribution in [1.82, 2.24) is 29.3 Å². The first-order valence-electron chi connectivity index (χ1n) is 10.7. The van der Waals surface area contributed by atoms with E-state index in [1.165, 1.54) is 0 Å². The smallest absolute Gasteiger partial charge is 0.0965 e. The van der Waals surface area contributed by atoms with Gasteiger partial charge in [-0.05, 0) is 42.5 Å². The zero-order valence-corrected chi connectivity index (χ0v) is 17.7. The van der Waals surface area contributed by atoms with E-state index >= 15 is 0 Å². The molecule has 0 saturated carbocycles. The van der Waals surface area contributed by atoms with E-state index in [-0.39, 0.29) is 0 Å². The molecule has 3 aromatic heterocycles. The van der Waals surface area contributed by atoms with Crippen LogP contribution in [0.15, 0.2) is 122 Å². The Labute approximate surface area is 191 Å². The molecule has 0 atom stereocenters. The van der Waals surface area contributed by atoms with E-state index in [0.717, 1.165) is 39.6 Å². The molecule has 0 aliphatic rings. The van der Waals surface area contributed by atoms with E-state index in [1.54, 1.807) is 0 Å². The second-order valence-electron chi connectivity index (χ2n) is 7.68. The molecule has 0 radical (unpaired) electrons. The number of benzene rings is 3. The average Bonchev–Trinajstić information content (AvgIpc) is 3.65. The molecule has 0 aliphatic carbocycles. The number of aromatic nitrogens is 6. The Bertz CT molecular complexity index is 1490. The van der Waals surface area contributed by atoms with Crippen molar-refractivity contribution in [3.05, 3.63) is 122 Å². The SMILES string of the molecule is c1ccc(-n2cc(-c3cc(-c4cnn(-c5ccccc5)c4)n(-c4ccccc4)n3)cn2)cc1. The summed E-state index contributed by atoms with van der Waals surface area (Å²) in [4.78, 5) is 0. The molecular weight excluding hydrogens is 408 g/mol. The second-order valence-corrected chi connectivity index (χ2v) is 7.68. The molecule has 0 aliphatic heterocycles. The third kappa shape index (κ3) is 3.64. The van der Waals surface area contributed by atoms with Gasteiger partial charge in [-0.15, -0.1) is 0 Å². The highest BCUT2D eigenvalue weighted by molar-refractivity contribution is 5.69. The van der Waals surface area contributed by atoms with E-state index in [0.29, 0.717) is 0 Å². The Hall–Kier alpha value is -4.71. The van der Waals surface area contributed by atoms with Crippen LogP contribution in [0.4, 0.5) is 0 Å². The molecule has 6 nitrogen and oxygen atoms in total. The summed E-state index contributed by atoms with van der Waals surface area (Å²) in [6, 6.07) is 32.4. The lowest BCUT2D eigenvalue weighted by atomic mass is 10.2. The molecule has 6 rings (SSSR count). The lowest BCUT2D eigenvalue weighted by Gasteiger charge is -2.05. The summed E-state index contributed by atoms with van der Waals surface area (Å²) in [5.74, 6) is 0.